The first kappa shape index (κ1) is 49.0. The van der Waals surface area contributed by atoms with E-state index in [1.54, 1.807) is 98.7 Å². The lowest BCUT2D eigenvalue weighted by Crippen LogP contribution is -2.35. The Morgan fingerprint density at radius 3 is 1.87 bits per heavy atom. The van der Waals surface area contributed by atoms with Gasteiger partial charge in [-0.2, -0.15) is 0 Å². The molecule has 0 aliphatic heterocycles. The van der Waals surface area contributed by atoms with Crippen LogP contribution in [0.1, 0.15) is 108 Å². The summed E-state index contributed by atoms with van der Waals surface area (Å²) in [5, 5.41) is 2.73. The normalized spacial score (nSPS) is 12.4. The van der Waals surface area contributed by atoms with Crippen molar-refractivity contribution in [3.8, 4) is 11.5 Å². The molecule has 13 heteroatoms. The van der Waals surface area contributed by atoms with Crippen molar-refractivity contribution in [1.29, 1.82) is 0 Å². The lowest BCUT2D eigenvalue weighted by Gasteiger charge is -2.26. The molecular weight excluding hydrogens is 805 g/mol. The van der Waals surface area contributed by atoms with Crippen LogP contribution in [0.4, 0.5) is 10.5 Å². The van der Waals surface area contributed by atoms with Gasteiger partial charge >= 0.3 is 24.0 Å². The maximum absolute atomic E-state index is 13.7. The van der Waals surface area contributed by atoms with Crippen LogP contribution in [-0.4, -0.2) is 53.3 Å². The van der Waals surface area contributed by atoms with Gasteiger partial charge in [-0.3, -0.25) is 19.7 Å². The van der Waals surface area contributed by atoms with Crippen molar-refractivity contribution in [3.05, 3.63) is 130 Å². The Bertz CT molecular complexity index is 2230. The molecule has 4 rings (SSSR count). The van der Waals surface area contributed by atoms with Crippen LogP contribution in [0.5, 0.6) is 11.5 Å². The third-order valence-corrected chi connectivity index (χ3v) is 8.72. The highest BCUT2D eigenvalue weighted by Crippen LogP contribution is 2.36. The number of hydrogen-bond donors (Lipinski definition) is 2. The second-order valence-electron chi connectivity index (χ2n) is 17.8. The summed E-state index contributed by atoms with van der Waals surface area (Å²) in [6.07, 6.45) is 0.894. The minimum atomic E-state index is -1.42. The predicted molar refractivity (Wildman–Crippen MR) is 240 cm³/mol. The van der Waals surface area contributed by atoms with Crippen molar-refractivity contribution in [1.82, 2.24) is 0 Å². The Morgan fingerprint density at radius 2 is 1.29 bits per heavy atom. The molecular formula is C50H60N2O11. The number of aryl methyl sites for hydroxylation is 1. The zero-order chi connectivity index (χ0) is 46.4. The fraction of sp³-hybridized carbons (Fsp3) is 0.380. The number of amides is 2. The van der Waals surface area contributed by atoms with Crippen LogP contribution in [0.2, 0.25) is 0 Å². The van der Waals surface area contributed by atoms with Crippen LogP contribution >= 0.6 is 0 Å². The Labute approximate surface area is 370 Å². The number of para-hydroxylation sites is 1. The summed E-state index contributed by atoms with van der Waals surface area (Å²) in [4.78, 5) is 66.2. The number of nitrogens with two attached hydrogens (primary N) is 1. The number of carbonyl (C=O) groups is 5. The molecule has 0 saturated carbocycles. The van der Waals surface area contributed by atoms with Gasteiger partial charge in [0, 0.05) is 16.8 Å². The highest BCUT2D eigenvalue weighted by molar-refractivity contribution is 6.03. The van der Waals surface area contributed by atoms with E-state index >= 15 is 0 Å². The van der Waals surface area contributed by atoms with Gasteiger partial charge in [-0.15, -0.1) is 0 Å². The number of benzene rings is 4. The number of esters is 3. The predicted octanol–water partition coefficient (Wildman–Crippen LogP) is 9.54. The van der Waals surface area contributed by atoms with E-state index < -0.39 is 59.1 Å². The van der Waals surface area contributed by atoms with E-state index in [1.807, 2.05) is 60.7 Å². The fourth-order valence-corrected chi connectivity index (χ4v) is 6.14. The maximum atomic E-state index is 13.7. The zero-order valence-corrected chi connectivity index (χ0v) is 37.7. The molecule has 0 fully saturated rings. The lowest BCUT2D eigenvalue weighted by atomic mass is 9.92. The van der Waals surface area contributed by atoms with Crippen LogP contribution < -0.4 is 20.5 Å². The third-order valence-electron chi connectivity index (χ3n) is 8.72. The third kappa shape index (κ3) is 17.0. The molecule has 0 radical (unpaired) electrons. The summed E-state index contributed by atoms with van der Waals surface area (Å²) in [6, 6.07) is 28.7. The smallest absolute Gasteiger partial charge is 0.412 e. The topological polar surface area (TPSA) is 179 Å². The average molecular weight is 865 g/mol. The molecule has 1 atom stereocenters. The van der Waals surface area contributed by atoms with Gasteiger partial charge in [-0.1, -0.05) is 72.8 Å². The highest BCUT2D eigenvalue weighted by Gasteiger charge is 2.35. The van der Waals surface area contributed by atoms with Gasteiger partial charge in [0.15, 0.2) is 11.5 Å². The van der Waals surface area contributed by atoms with Gasteiger partial charge in [-0.05, 0) is 122 Å². The second kappa shape index (κ2) is 21.9. The van der Waals surface area contributed by atoms with Gasteiger partial charge in [0.2, 0.25) is 5.91 Å². The van der Waals surface area contributed by atoms with Gasteiger partial charge in [0.1, 0.15) is 30.0 Å². The van der Waals surface area contributed by atoms with Crippen molar-refractivity contribution < 1.29 is 52.4 Å². The number of nitrogens with one attached hydrogen (secondary N) is 1. The summed E-state index contributed by atoms with van der Waals surface area (Å²) >= 11 is 0. The van der Waals surface area contributed by atoms with Crippen LogP contribution in [-0.2, 0) is 53.0 Å². The molecule has 0 aliphatic rings. The van der Waals surface area contributed by atoms with E-state index in [2.05, 4.69) is 5.32 Å². The molecule has 3 N–H and O–H groups in total. The van der Waals surface area contributed by atoms with Crippen LogP contribution in [0.25, 0.3) is 6.08 Å². The molecule has 0 aliphatic carbocycles. The Morgan fingerprint density at radius 1 is 0.683 bits per heavy atom. The van der Waals surface area contributed by atoms with Crippen molar-refractivity contribution in [2.75, 3.05) is 11.9 Å². The van der Waals surface area contributed by atoms with E-state index in [-0.39, 0.29) is 31.1 Å². The zero-order valence-electron chi connectivity index (χ0n) is 37.7. The van der Waals surface area contributed by atoms with Crippen LogP contribution in [0.15, 0.2) is 103 Å². The maximum Gasteiger partial charge on any atom is 0.412 e. The molecule has 4 aromatic rings. The molecule has 63 heavy (non-hydrogen) atoms. The van der Waals surface area contributed by atoms with Gasteiger partial charge in [0.05, 0.1) is 24.5 Å². The number of ether oxygens (including phenoxy) is 6. The quantitative estimate of drug-likeness (QED) is 0.0421. The van der Waals surface area contributed by atoms with Crippen molar-refractivity contribution in [2.24, 2.45) is 11.7 Å². The molecule has 0 heterocycles. The first-order valence-corrected chi connectivity index (χ1v) is 20.8. The van der Waals surface area contributed by atoms with E-state index in [0.717, 1.165) is 11.1 Å². The molecule has 2 amide bonds. The molecule has 0 aromatic heterocycles. The van der Waals surface area contributed by atoms with Crippen molar-refractivity contribution >= 4 is 41.7 Å². The van der Waals surface area contributed by atoms with E-state index in [9.17, 15) is 24.0 Å². The summed E-state index contributed by atoms with van der Waals surface area (Å²) in [5.74, 6) is -3.92. The van der Waals surface area contributed by atoms with E-state index in [0.29, 0.717) is 41.0 Å². The first-order valence-electron chi connectivity index (χ1n) is 20.8. The Hall–Kier alpha value is -6.63. The minimum Gasteiger partial charge on any atom is -0.489 e. The largest absolute Gasteiger partial charge is 0.489 e. The number of primary amides is 1. The van der Waals surface area contributed by atoms with E-state index in [4.69, 9.17) is 34.2 Å². The highest BCUT2D eigenvalue weighted by atomic mass is 16.6. The number of anilines is 1. The van der Waals surface area contributed by atoms with Crippen LogP contribution in [0, 0.1) is 5.92 Å². The summed E-state index contributed by atoms with van der Waals surface area (Å²) in [6.45, 7) is 15.7. The summed E-state index contributed by atoms with van der Waals surface area (Å²) in [5.41, 5.74) is 6.55. The number of hydrogen-bond acceptors (Lipinski definition) is 11. The second-order valence-corrected chi connectivity index (χ2v) is 17.8. The summed E-state index contributed by atoms with van der Waals surface area (Å²) < 4.78 is 35.0. The molecule has 4 aromatic carbocycles. The van der Waals surface area contributed by atoms with E-state index in [1.165, 1.54) is 6.08 Å². The fourth-order valence-electron chi connectivity index (χ4n) is 6.14. The molecule has 0 saturated heterocycles. The summed E-state index contributed by atoms with van der Waals surface area (Å²) in [7, 11) is 0. The molecule has 336 valence electrons. The molecule has 0 bridgehead atoms. The molecule has 0 spiro atoms. The van der Waals surface area contributed by atoms with Crippen molar-refractivity contribution in [2.45, 2.75) is 112 Å². The first-order chi connectivity index (χ1) is 29.6. The SMILES string of the molecule is CC(C)(C)OC(=O)CC(C(=O)OC(C)(C)C)/C(=C\c1cccc(OCc2ccccc2)c1OCCCc1cc(NC(=O)OC(C)(C)C)ccc1C(=O)OCc1ccccc1)C(N)=O. The monoisotopic (exact) mass is 864 g/mol. The van der Waals surface area contributed by atoms with Crippen LogP contribution in [0.3, 0.4) is 0 Å². The number of carbonyl (C=O) groups excluding carboxylic acids is 5. The number of rotatable bonds is 18. The van der Waals surface area contributed by atoms with Gasteiger partial charge in [0.25, 0.3) is 0 Å². The molecule has 13 nitrogen and oxygen atoms in total. The van der Waals surface area contributed by atoms with Crippen molar-refractivity contribution in [3.63, 3.8) is 0 Å². The Balaban J connectivity index is 1.69. The average Bonchev–Trinajstić information content (AvgIpc) is 3.18. The molecule has 1 unspecified atom stereocenters. The van der Waals surface area contributed by atoms with Gasteiger partial charge < -0.3 is 34.2 Å². The lowest BCUT2D eigenvalue weighted by molar-refractivity contribution is -0.166. The Kier molecular flexibility index (Phi) is 17.1. The minimum absolute atomic E-state index is 0.0655. The van der Waals surface area contributed by atoms with Gasteiger partial charge in [-0.25, -0.2) is 9.59 Å². The standard InChI is InChI=1S/C50H60N2O11/c1-48(2,3)61-42(53)30-40(46(56)62-49(4,5)6)39(44(51)54)29-36-22-16-24-41(59-31-33-18-12-10-13-19-33)43(36)58-27-17-23-35-28-37(52-47(57)63-50(7,8)9)25-26-38(35)45(55)60-32-34-20-14-11-15-21-34/h10-16,18-22,24-26,28-29,40H,17,23,27,30-32H2,1-9H3,(H2,51,54)(H,52,57)/b39-29+.